The van der Waals surface area contributed by atoms with Crippen molar-refractivity contribution >= 4 is 17.2 Å². The number of benzene rings is 1. The summed E-state index contributed by atoms with van der Waals surface area (Å²) in [7, 11) is 0. The number of nitrogens with zero attached hydrogens (tertiary/aromatic N) is 1. The lowest BCUT2D eigenvalue weighted by molar-refractivity contribution is 0.467. The van der Waals surface area contributed by atoms with Gasteiger partial charge in [-0.1, -0.05) is 44.3 Å². The third-order valence-electron chi connectivity index (χ3n) is 3.33. The Kier molecular flexibility index (Phi) is 4.69. The summed E-state index contributed by atoms with van der Waals surface area (Å²) in [5.74, 6) is 1.85. The fraction of sp³-hybridized carbons (Fsp3) is 0.250. The molecule has 20 heavy (non-hydrogen) atoms. The van der Waals surface area contributed by atoms with Gasteiger partial charge in [0.2, 0.25) is 0 Å². The predicted octanol–water partition coefficient (Wildman–Crippen LogP) is 4.02. The monoisotopic (exact) mass is 286 g/mol. The third-order valence-corrected chi connectivity index (χ3v) is 3.55. The van der Waals surface area contributed by atoms with E-state index in [0.29, 0.717) is 22.2 Å². The van der Waals surface area contributed by atoms with E-state index in [1.165, 1.54) is 5.56 Å². The highest BCUT2D eigenvalue weighted by Crippen LogP contribution is 2.32. The SMILES string of the molecule is CCC(C)c1ccccc1Oc1cnccc1C(N)=S. The van der Waals surface area contributed by atoms with Crippen LogP contribution in [-0.2, 0) is 0 Å². The number of rotatable bonds is 5. The number of aromatic nitrogens is 1. The highest BCUT2D eigenvalue weighted by atomic mass is 32.1. The number of hydrogen-bond acceptors (Lipinski definition) is 3. The van der Waals surface area contributed by atoms with Crippen LogP contribution in [0.4, 0.5) is 0 Å². The summed E-state index contributed by atoms with van der Waals surface area (Å²) < 4.78 is 5.99. The largest absolute Gasteiger partial charge is 0.455 e. The summed E-state index contributed by atoms with van der Waals surface area (Å²) >= 11 is 5.04. The van der Waals surface area contributed by atoms with Crippen LogP contribution in [0, 0.1) is 0 Å². The molecule has 3 nitrogen and oxygen atoms in total. The van der Waals surface area contributed by atoms with Gasteiger partial charge >= 0.3 is 0 Å². The molecule has 0 fully saturated rings. The molecule has 1 aromatic carbocycles. The first-order valence-corrected chi connectivity index (χ1v) is 7.05. The van der Waals surface area contributed by atoms with Crippen molar-refractivity contribution in [2.24, 2.45) is 5.73 Å². The normalized spacial score (nSPS) is 11.9. The number of nitrogens with two attached hydrogens (primary N) is 1. The van der Waals surface area contributed by atoms with E-state index in [0.717, 1.165) is 12.2 Å². The molecule has 0 spiro atoms. The van der Waals surface area contributed by atoms with Gasteiger partial charge in [0, 0.05) is 6.20 Å². The van der Waals surface area contributed by atoms with Gasteiger partial charge in [0.15, 0.2) is 5.75 Å². The molecule has 1 heterocycles. The van der Waals surface area contributed by atoms with E-state index in [9.17, 15) is 0 Å². The van der Waals surface area contributed by atoms with Gasteiger partial charge in [0.1, 0.15) is 10.7 Å². The number of hydrogen-bond donors (Lipinski definition) is 1. The molecule has 1 aromatic heterocycles. The van der Waals surface area contributed by atoms with E-state index in [-0.39, 0.29) is 0 Å². The Hall–Kier alpha value is -1.94. The molecule has 0 bridgehead atoms. The molecule has 1 atom stereocenters. The topological polar surface area (TPSA) is 48.1 Å². The van der Waals surface area contributed by atoms with Gasteiger partial charge in [-0.25, -0.2) is 0 Å². The van der Waals surface area contributed by atoms with Crippen molar-refractivity contribution in [2.75, 3.05) is 0 Å². The van der Waals surface area contributed by atoms with E-state index >= 15 is 0 Å². The van der Waals surface area contributed by atoms with Crippen LogP contribution in [0.1, 0.15) is 37.3 Å². The second-order valence-corrected chi connectivity index (χ2v) is 5.13. The maximum absolute atomic E-state index is 5.99. The molecule has 1 unspecified atom stereocenters. The second kappa shape index (κ2) is 6.48. The molecular formula is C16H18N2OS. The zero-order valence-corrected chi connectivity index (χ0v) is 12.5. The van der Waals surface area contributed by atoms with Gasteiger partial charge in [0.25, 0.3) is 0 Å². The maximum atomic E-state index is 5.99. The Balaban J connectivity index is 2.38. The van der Waals surface area contributed by atoms with Crippen molar-refractivity contribution in [1.29, 1.82) is 0 Å². The van der Waals surface area contributed by atoms with Gasteiger partial charge in [0.05, 0.1) is 11.8 Å². The quantitative estimate of drug-likeness (QED) is 0.843. The summed E-state index contributed by atoms with van der Waals surface area (Å²) in [6.45, 7) is 4.34. The zero-order valence-electron chi connectivity index (χ0n) is 11.7. The Morgan fingerprint density at radius 2 is 2.05 bits per heavy atom. The number of pyridine rings is 1. The second-order valence-electron chi connectivity index (χ2n) is 4.69. The van der Waals surface area contributed by atoms with Gasteiger partial charge in [-0.3, -0.25) is 4.98 Å². The first kappa shape index (κ1) is 14.5. The number of thiocarbonyl (C=S) groups is 1. The highest BCUT2D eigenvalue weighted by molar-refractivity contribution is 7.80. The van der Waals surface area contributed by atoms with Crippen molar-refractivity contribution in [2.45, 2.75) is 26.2 Å². The molecule has 2 aromatic rings. The van der Waals surface area contributed by atoms with E-state index in [4.69, 9.17) is 22.7 Å². The predicted molar refractivity (Wildman–Crippen MR) is 85.3 cm³/mol. The van der Waals surface area contributed by atoms with Gasteiger partial charge in [-0.15, -0.1) is 0 Å². The Labute approximate surface area is 124 Å². The van der Waals surface area contributed by atoms with E-state index in [1.54, 1.807) is 18.5 Å². The Bertz CT molecular complexity index is 613. The average Bonchev–Trinajstić information content (AvgIpc) is 2.47. The molecule has 0 aliphatic rings. The lowest BCUT2D eigenvalue weighted by Gasteiger charge is -2.16. The average molecular weight is 286 g/mol. The molecule has 0 saturated carbocycles. The van der Waals surface area contributed by atoms with Crippen LogP contribution >= 0.6 is 12.2 Å². The van der Waals surface area contributed by atoms with Gasteiger partial charge in [-0.2, -0.15) is 0 Å². The van der Waals surface area contributed by atoms with Crippen LogP contribution in [0.5, 0.6) is 11.5 Å². The molecule has 2 rings (SSSR count). The molecule has 0 saturated heterocycles. The van der Waals surface area contributed by atoms with E-state index < -0.39 is 0 Å². The first-order chi connectivity index (χ1) is 9.63. The summed E-state index contributed by atoms with van der Waals surface area (Å²) in [5, 5.41) is 0. The standard InChI is InChI=1S/C16H18N2OS/c1-3-11(2)12-6-4-5-7-14(12)19-15-10-18-9-8-13(15)16(17)20/h4-11H,3H2,1-2H3,(H2,17,20). The van der Waals surface area contributed by atoms with Crippen LogP contribution in [0.25, 0.3) is 0 Å². The van der Waals surface area contributed by atoms with E-state index in [2.05, 4.69) is 24.9 Å². The van der Waals surface area contributed by atoms with Crippen molar-refractivity contribution in [3.8, 4) is 11.5 Å². The van der Waals surface area contributed by atoms with Crippen LogP contribution in [0.2, 0.25) is 0 Å². The molecule has 0 aliphatic heterocycles. The fourth-order valence-electron chi connectivity index (χ4n) is 1.98. The molecular weight excluding hydrogens is 268 g/mol. The molecule has 2 N–H and O–H groups in total. The molecule has 4 heteroatoms. The van der Waals surface area contributed by atoms with Crippen molar-refractivity contribution in [3.05, 3.63) is 53.9 Å². The van der Waals surface area contributed by atoms with Crippen molar-refractivity contribution in [1.82, 2.24) is 4.98 Å². The summed E-state index contributed by atoms with van der Waals surface area (Å²) in [6, 6.07) is 9.78. The Morgan fingerprint density at radius 1 is 1.30 bits per heavy atom. The van der Waals surface area contributed by atoms with Crippen LogP contribution in [0.15, 0.2) is 42.7 Å². The minimum absolute atomic E-state index is 0.309. The Morgan fingerprint density at radius 3 is 2.75 bits per heavy atom. The van der Waals surface area contributed by atoms with Gasteiger partial charge < -0.3 is 10.5 Å². The minimum Gasteiger partial charge on any atom is -0.455 e. The van der Waals surface area contributed by atoms with Crippen LogP contribution in [0.3, 0.4) is 0 Å². The first-order valence-electron chi connectivity index (χ1n) is 6.64. The molecule has 0 aliphatic carbocycles. The maximum Gasteiger partial charge on any atom is 0.155 e. The van der Waals surface area contributed by atoms with Crippen LogP contribution in [-0.4, -0.2) is 9.97 Å². The lowest BCUT2D eigenvalue weighted by atomic mass is 9.98. The fourth-order valence-corrected chi connectivity index (χ4v) is 2.15. The molecule has 0 radical (unpaired) electrons. The molecule has 0 amide bonds. The van der Waals surface area contributed by atoms with Crippen molar-refractivity contribution < 1.29 is 4.74 Å². The zero-order chi connectivity index (χ0) is 14.5. The summed E-state index contributed by atoms with van der Waals surface area (Å²) in [6.07, 6.45) is 4.35. The third kappa shape index (κ3) is 3.14. The smallest absolute Gasteiger partial charge is 0.155 e. The lowest BCUT2D eigenvalue weighted by Crippen LogP contribution is -2.11. The number of para-hydroxylation sites is 1. The van der Waals surface area contributed by atoms with Crippen molar-refractivity contribution in [3.63, 3.8) is 0 Å². The molecule has 104 valence electrons. The number of ether oxygens (including phenoxy) is 1. The van der Waals surface area contributed by atoms with Crippen LogP contribution < -0.4 is 10.5 Å². The highest BCUT2D eigenvalue weighted by Gasteiger charge is 2.13. The van der Waals surface area contributed by atoms with Gasteiger partial charge in [-0.05, 0) is 30.0 Å². The van der Waals surface area contributed by atoms with E-state index in [1.807, 2.05) is 18.2 Å². The minimum atomic E-state index is 0.309. The summed E-state index contributed by atoms with van der Waals surface area (Å²) in [4.78, 5) is 4.39. The summed E-state index contributed by atoms with van der Waals surface area (Å²) in [5.41, 5.74) is 7.59.